The largest absolute Gasteiger partial charge is 0.490 e. The van der Waals surface area contributed by atoms with Crippen molar-refractivity contribution in [1.29, 1.82) is 0 Å². The summed E-state index contributed by atoms with van der Waals surface area (Å²) in [5.74, 6) is -0.230. The standard InChI is InChI=1S/C15H23FN2O2/c1-4-6-20-15-9-14(13(17)8-12(15)16)18-5-7-19-10-11(2)3/h8-9,18H,2,4-7,10,17H2,1,3H3. The highest BCUT2D eigenvalue weighted by Gasteiger charge is 2.08. The van der Waals surface area contributed by atoms with E-state index < -0.39 is 5.82 Å². The van der Waals surface area contributed by atoms with Gasteiger partial charge in [-0.2, -0.15) is 0 Å². The smallest absolute Gasteiger partial charge is 0.167 e. The average Bonchev–Trinajstić information content (AvgIpc) is 2.39. The highest BCUT2D eigenvalue weighted by Crippen LogP contribution is 2.28. The normalized spacial score (nSPS) is 10.3. The molecule has 1 rings (SSSR count). The molecule has 1 aromatic rings. The Labute approximate surface area is 119 Å². The number of anilines is 2. The number of nitrogen functional groups attached to an aromatic ring is 1. The fourth-order valence-electron chi connectivity index (χ4n) is 1.55. The van der Waals surface area contributed by atoms with Gasteiger partial charge in [-0.3, -0.25) is 0 Å². The Morgan fingerprint density at radius 1 is 1.40 bits per heavy atom. The highest BCUT2D eigenvalue weighted by molar-refractivity contribution is 5.68. The molecule has 20 heavy (non-hydrogen) atoms. The number of benzene rings is 1. The zero-order valence-electron chi connectivity index (χ0n) is 12.2. The Morgan fingerprint density at radius 2 is 2.15 bits per heavy atom. The maximum absolute atomic E-state index is 13.6. The number of ether oxygens (including phenoxy) is 2. The van der Waals surface area contributed by atoms with Crippen LogP contribution >= 0.6 is 0 Å². The van der Waals surface area contributed by atoms with Crippen LogP contribution in [0.1, 0.15) is 20.3 Å². The Morgan fingerprint density at radius 3 is 2.80 bits per heavy atom. The van der Waals surface area contributed by atoms with Crippen LogP contribution in [0.15, 0.2) is 24.3 Å². The maximum Gasteiger partial charge on any atom is 0.167 e. The zero-order valence-corrected chi connectivity index (χ0v) is 12.2. The number of hydrogen-bond acceptors (Lipinski definition) is 4. The summed E-state index contributed by atoms with van der Waals surface area (Å²) in [6, 6.07) is 2.85. The van der Waals surface area contributed by atoms with E-state index in [-0.39, 0.29) is 5.75 Å². The molecule has 0 aliphatic heterocycles. The molecule has 0 spiro atoms. The van der Waals surface area contributed by atoms with Crippen LogP contribution in [0.2, 0.25) is 0 Å². The SMILES string of the molecule is C=C(C)COCCNc1cc(OCCC)c(F)cc1N. The van der Waals surface area contributed by atoms with Gasteiger partial charge in [0.25, 0.3) is 0 Å². The van der Waals surface area contributed by atoms with Gasteiger partial charge in [-0.05, 0) is 13.3 Å². The van der Waals surface area contributed by atoms with E-state index >= 15 is 0 Å². The van der Waals surface area contributed by atoms with Crippen molar-refractivity contribution in [3.63, 3.8) is 0 Å². The molecule has 0 aliphatic rings. The van der Waals surface area contributed by atoms with E-state index in [1.807, 2.05) is 13.8 Å². The molecule has 0 fully saturated rings. The van der Waals surface area contributed by atoms with Crippen molar-refractivity contribution >= 4 is 11.4 Å². The predicted octanol–water partition coefficient (Wildman–Crippen LogP) is 3.20. The van der Waals surface area contributed by atoms with Crippen LogP contribution in [-0.2, 0) is 4.74 Å². The quantitative estimate of drug-likeness (QED) is 0.415. The number of halogens is 1. The summed E-state index contributed by atoms with van der Waals surface area (Å²) in [7, 11) is 0. The first-order valence-electron chi connectivity index (χ1n) is 6.72. The molecule has 0 saturated heterocycles. The first-order chi connectivity index (χ1) is 9.54. The van der Waals surface area contributed by atoms with E-state index in [9.17, 15) is 4.39 Å². The maximum atomic E-state index is 13.6. The van der Waals surface area contributed by atoms with Crippen molar-refractivity contribution in [3.8, 4) is 5.75 Å². The van der Waals surface area contributed by atoms with Gasteiger partial charge in [0.1, 0.15) is 0 Å². The summed E-state index contributed by atoms with van der Waals surface area (Å²) in [5.41, 5.74) is 7.75. The molecule has 0 saturated carbocycles. The van der Waals surface area contributed by atoms with Crippen molar-refractivity contribution < 1.29 is 13.9 Å². The van der Waals surface area contributed by atoms with Crippen LogP contribution < -0.4 is 15.8 Å². The lowest BCUT2D eigenvalue weighted by Crippen LogP contribution is -2.12. The van der Waals surface area contributed by atoms with Gasteiger partial charge in [0, 0.05) is 18.7 Å². The Hall–Kier alpha value is -1.75. The van der Waals surface area contributed by atoms with Gasteiger partial charge >= 0.3 is 0 Å². The average molecular weight is 282 g/mol. The monoisotopic (exact) mass is 282 g/mol. The third-order valence-electron chi connectivity index (χ3n) is 2.48. The summed E-state index contributed by atoms with van der Waals surface area (Å²) in [6.07, 6.45) is 0.821. The van der Waals surface area contributed by atoms with Crippen molar-refractivity contribution in [2.45, 2.75) is 20.3 Å². The van der Waals surface area contributed by atoms with Gasteiger partial charge in [0.15, 0.2) is 11.6 Å². The van der Waals surface area contributed by atoms with Gasteiger partial charge in [-0.25, -0.2) is 4.39 Å². The van der Waals surface area contributed by atoms with Gasteiger partial charge in [-0.15, -0.1) is 0 Å². The molecule has 0 radical (unpaired) electrons. The molecule has 112 valence electrons. The molecule has 4 nitrogen and oxygen atoms in total. The number of nitrogens with one attached hydrogen (secondary N) is 1. The summed E-state index contributed by atoms with van der Waals surface area (Å²) < 4.78 is 24.3. The van der Waals surface area contributed by atoms with Crippen LogP contribution in [0.3, 0.4) is 0 Å². The molecule has 1 aromatic carbocycles. The van der Waals surface area contributed by atoms with Crippen LogP contribution in [0.5, 0.6) is 5.75 Å². The topological polar surface area (TPSA) is 56.5 Å². The lowest BCUT2D eigenvalue weighted by molar-refractivity contribution is 0.167. The number of hydrogen-bond donors (Lipinski definition) is 2. The second-order valence-electron chi connectivity index (χ2n) is 4.65. The van der Waals surface area contributed by atoms with Crippen molar-refractivity contribution in [1.82, 2.24) is 0 Å². The Balaban J connectivity index is 2.53. The van der Waals surface area contributed by atoms with Crippen molar-refractivity contribution in [2.24, 2.45) is 0 Å². The minimum atomic E-state index is -0.444. The van der Waals surface area contributed by atoms with E-state index in [4.69, 9.17) is 15.2 Å². The van der Waals surface area contributed by atoms with E-state index in [1.165, 1.54) is 6.07 Å². The molecular weight excluding hydrogens is 259 g/mol. The van der Waals surface area contributed by atoms with E-state index in [2.05, 4.69) is 11.9 Å². The molecule has 0 aromatic heterocycles. The predicted molar refractivity (Wildman–Crippen MR) is 80.7 cm³/mol. The lowest BCUT2D eigenvalue weighted by atomic mass is 10.2. The summed E-state index contributed by atoms with van der Waals surface area (Å²) in [6.45, 7) is 9.73. The zero-order chi connectivity index (χ0) is 15.0. The first kappa shape index (κ1) is 16.3. The molecule has 0 aliphatic carbocycles. The molecule has 0 unspecified atom stereocenters. The third-order valence-corrected chi connectivity index (χ3v) is 2.48. The van der Waals surface area contributed by atoms with Gasteiger partial charge in [0.05, 0.1) is 31.2 Å². The van der Waals surface area contributed by atoms with E-state index in [0.29, 0.717) is 37.7 Å². The fourth-order valence-corrected chi connectivity index (χ4v) is 1.55. The van der Waals surface area contributed by atoms with Gasteiger partial charge in [0.2, 0.25) is 0 Å². The summed E-state index contributed by atoms with van der Waals surface area (Å²) >= 11 is 0. The van der Waals surface area contributed by atoms with E-state index in [1.54, 1.807) is 6.07 Å². The molecule has 0 heterocycles. The van der Waals surface area contributed by atoms with Crippen LogP contribution in [0.4, 0.5) is 15.8 Å². The third kappa shape index (κ3) is 5.48. The second kappa shape index (κ2) is 8.43. The minimum Gasteiger partial charge on any atom is -0.490 e. The number of nitrogens with two attached hydrogens (primary N) is 1. The fraction of sp³-hybridized carbons (Fsp3) is 0.467. The molecular formula is C15H23FN2O2. The molecule has 0 amide bonds. The lowest BCUT2D eigenvalue weighted by Gasteiger charge is -2.13. The first-order valence-corrected chi connectivity index (χ1v) is 6.72. The summed E-state index contributed by atoms with van der Waals surface area (Å²) in [5, 5.41) is 3.10. The Kier molecular flexibility index (Phi) is 6.87. The van der Waals surface area contributed by atoms with Gasteiger partial charge < -0.3 is 20.5 Å². The highest BCUT2D eigenvalue weighted by atomic mass is 19.1. The van der Waals surface area contributed by atoms with Crippen LogP contribution in [-0.4, -0.2) is 26.4 Å². The minimum absolute atomic E-state index is 0.214. The van der Waals surface area contributed by atoms with Crippen LogP contribution in [0.25, 0.3) is 0 Å². The van der Waals surface area contributed by atoms with E-state index in [0.717, 1.165) is 12.0 Å². The van der Waals surface area contributed by atoms with Crippen molar-refractivity contribution in [3.05, 3.63) is 30.1 Å². The number of rotatable bonds is 9. The van der Waals surface area contributed by atoms with Crippen molar-refractivity contribution in [2.75, 3.05) is 37.4 Å². The van der Waals surface area contributed by atoms with Gasteiger partial charge in [-0.1, -0.05) is 19.1 Å². The molecule has 5 heteroatoms. The van der Waals surface area contributed by atoms with Crippen LogP contribution in [0, 0.1) is 5.82 Å². The molecule has 0 bridgehead atoms. The summed E-state index contributed by atoms with van der Waals surface area (Å²) in [4.78, 5) is 0. The molecule has 0 atom stereocenters. The molecule has 3 N–H and O–H groups in total. The Bertz CT molecular complexity index is 450. The second-order valence-corrected chi connectivity index (χ2v) is 4.65.